The van der Waals surface area contributed by atoms with Gasteiger partial charge in [-0.1, -0.05) is 40.9 Å². The first-order valence-corrected chi connectivity index (χ1v) is 11.9. The molecule has 15 heteroatoms. The maximum Gasteiger partial charge on any atom is 0.417 e. The third-order valence-corrected chi connectivity index (χ3v) is 6.56. The molecule has 1 N–H and O–H groups in total. The van der Waals surface area contributed by atoms with E-state index < -0.39 is 52.3 Å². The van der Waals surface area contributed by atoms with Gasteiger partial charge in [0.05, 0.1) is 31.8 Å². The van der Waals surface area contributed by atoms with Crippen LogP contribution in [-0.2, 0) is 6.18 Å². The number of alkyl halides is 6. The first-order chi connectivity index (χ1) is 18.5. The minimum Gasteiger partial charge on any atom is -0.271 e. The summed E-state index contributed by atoms with van der Waals surface area (Å²) in [6.07, 6.45) is -9.04. The lowest BCUT2D eigenvalue weighted by atomic mass is 9.95. The summed E-state index contributed by atoms with van der Waals surface area (Å²) in [4.78, 5) is 16.5. The number of benzene rings is 2. The van der Waals surface area contributed by atoms with E-state index in [1.165, 1.54) is 25.4 Å². The molecule has 3 aromatic rings. The van der Waals surface area contributed by atoms with Gasteiger partial charge >= 0.3 is 12.4 Å². The van der Waals surface area contributed by atoms with Crippen LogP contribution in [0.5, 0.6) is 0 Å². The molecule has 1 aromatic heterocycles. The van der Waals surface area contributed by atoms with Crippen molar-refractivity contribution in [1.29, 1.82) is 5.26 Å². The fourth-order valence-corrected chi connectivity index (χ4v) is 4.04. The standard InChI is InChI=1S/C25H14Cl3F7N4O/c1-39(21-5-2-12(10-36)11-37-21)38-23(40)15-4-3-13(6-17(15)25(33,34)35)20(29)9-16(24(30,31)32)14-7-18(26)22(28)19(27)8-14/h2-9,11,16H,1H3,(H,38,40). The second-order valence-corrected chi connectivity index (χ2v) is 9.30. The normalized spacial score (nSPS) is 13.0. The number of rotatable bonds is 6. The van der Waals surface area contributed by atoms with Crippen LogP contribution in [0.2, 0.25) is 15.1 Å². The number of allylic oxidation sites excluding steroid dienone is 1. The number of carbonyl (C=O) groups excluding carboxylic acids is 1. The van der Waals surface area contributed by atoms with Gasteiger partial charge in [0.25, 0.3) is 5.91 Å². The van der Waals surface area contributed by atoms with Gasteiger partial charge in [-0.15, -0.1) is 0 Å². The van der Waals surface area contributed by atoms with Gasteiger partial charge in [0, 0.05) is 18.8 Å². The van der Waals surface area contributed by atoms with E-state index in [0.717, 1.165) is 23.2 Å². The molecular weight excluding hydrogens is 612 g/mol. The lowest BCUT2D eigenvalue weighted by Gasteiger charge is -2.21. The molecule has 2 aromatic carbocycles. The van der Waals surface area contributed by atoms with E-state index in [1.54, 1.807) is 0 Å². The van der Waals surface area contributed by atoms with Crippen molar-refractivity contribution in [2.45, 2.75) is 18.3 Å². The first kappa shape index (κ1) is 31.0. The second kappa shape index (κ2) is 11.9. The van der Waals surface area contributed by atoms with Crippen LogP contribution in [0.15, 0.2) is 54.7 Å². The Balaban J connectivity index is 1.99. The van der Waals surface area contributed by atoms with Gasteiger partial charge in [-0.05, 0) is 48.0 Å². The van der Waals surface area contributed by atoms with Crippen LogP contribution < -0.4 is 10.4 Å². The fraction of sp³-hybridized carbons (Fsp3) is 0.160. The average molecular weight is 626 g/mol. The molecule has 0 bridgehead atoms. The van der Waals surface area contributed by atoms with Crippen molar-refractivity contribution in [3.05, 3.63) is 97.6 Å². The van der Waals surface area contributed by atoms with Gasteiger partial charge in [0.1, 0.15) is 23.6 Å². The number of pyridine rings is 1. The number of carbonyl (C=O) groups is 1. The molecule has 5 nitrogen and oxygen atoms in total. The Morgan fingerprint density at radius 1 is 1.05 bits per heavy atom. The van der Waals surface area contributed by atoms with E-state index in [4.69, 9.17) is 40.1 Å². The van der Waals surface area contributed by atoms with Crippen LogP contribution in [-0.4, -0.2) is 24.1 Å². The zero-order valence-electron chi connectivity index (χ0n) is 19.8. The third kappa shape index (κ3) is 7.15. The molecule has 1 unspecified atom stereocenters. The second-order valence-electron chi connectivity index (χ2n) is 8.11. The molecule has 1 heterocycles. The molecule has 210 valence electrons. The summed E-state index contributed by atoms with van der Waals surface area (Å²) in [6, 6.07) is 7.70. The molecular formula is C25H14Cl3F7N4O. The van der Waals surface area contributed by atoms with Crippen LogP contribution in [0, 0.1) is 11.3 Å². The average Bonchev–Trinajstić information content (AvgIpc) is 2.88. The van der Waals surface area contributed by atoms with Crippen LogP contribution in [0.1, 0.15) is 38.5 Å². The summed E-state index contributed by atoms with van der Waals surface area (Å²) in [6.45, 7) is 0. The fourth-order valence-electron chi connectivity index (χ4n) is 3.42. The monoisotopic (exact) mass is 624 g/mol. The maximum absolute atomic E-state index is 15.0. The summed E-state index contributed by atoms with van der Waals surface area (Å²) >= 11 is 17.3. The third-order valence-electron chi connectivity index (χ3n) is 5.37. The molecule has 0 radical (unpaired) electrons. The topological polar surface area (TPSA) is 69.0 Å². The Bertz CT molecular complexity index is 1480. The van der Waals surface area contributed by atoms with E-state index in [9.17, 15) is 31.1 Å². The van der Waals surface area contributed by atoms with Crippen molar-refractivity contribution < 1.29 is 35.5 Å². The molecule has 0 saturated heterocycles. The highest BCUT2D eigenvalue weighted by molar-refractivity contribution is 6.48. The van der Waals surface area contributed by atoms with Gasteiger partial charge in [0.15, 0.2) is 0 Å². The molecule has 0 saturated carbocycles. The summed E-state index contributed by atoms with van der Waals surface area (Å²) in [5, 5.41) is 8.88. The highest BCUT2D eigenvalue weighted by atomic mass is 35.5. The van der Waals surface area contributed by atoms with Gasteiger partial charge < -0.3 is 0 Å². The van der Waals surface area contributed by atoms with Crippen molar-refractivity contribution in [3.8, 4) is 6.07 Å². The predicted octanol–water partition coefficient (Wildman–Crippen LogP) is 8.37. The number of nitrogens with one attached hydrogen (secondary N) is 1. The molecule has 0 spiro atoms. The Hall–Kier alpha value is -3.53. The zero-order valence-corrected chi connectivity index (χ0v) is 22.1. The number of nitriles is 1. The van der Waals surface area contributed by atoms with Crippen molar-refractivity contribution in [2.75, 3.05) is 12.1 Å². The molecule has 0 aliphatic carbocycles. The highest BCUT2D eigenvalue weighted by Gasteiger charge is 2.41. The van der Waals surface area contributed by atoms with Crippen molar-refractivity contribution >= 4 is 52.4 Å². The van der Waals surface area contributed by atoms with E-state index in [0.29, 0.717) is 6.07 Å². The number of hydrogen-bond donors (Lipinski definition) is 1. The number of anilines is 1. The van der Waals surface area contributed by atoms with Gasteiger partial charge in [-0.2, -0.15) is 31.6 Å². The summed E-state index contributed by atoms with van der Waals surface area (Å²) in [5.74, 6) is -5.49. The van der Waals surface area contributed by atoms with Crippen LogP contribution in [0.25, 0.3) is 5.83 Å². The Morgan fingerprint density at radius 2 is 1.68 bits per heavy atom. The number of nitrogens with zero attached hydrogens (tertiary/aromatic N) is 3. The van der Waals surface area contributed by atoms with Crippen molar-refractivity contribution in [3.63, 3.8) is 0 Å². The molecule has 40 heavy (non-hydrogen) atoms. The molecule has 0 aliphatic heterocycles. The lowest BCUT2D eigenvalue weighted by molar-refractivity contribution is -0.140. The smallest absolute Gasteiger partial charge is 0.271 e. The minimum atomic E-state index is -5.19. The van der Waals surface area contributed by atoms with Gasteiger partial charge in [-0.25, -0.2) is 9.37 Å². The van der Waals surface area contributed by atoms with E-state index in [2.05, 4.69) is 10.4 Å². The van der Waals surface area contributed by atoms with Crippen molar-refractivity contribution in [2.24, 2.45) is 0 Å². The van der Waals surface area contributed by atoms with Gasteiger partial charge in [-0.3, -0.25) is 15.2 Å². The van der Waals surface area contributed by atoms with Crippen LogP contribution >= 0.6 is 34.8 Å². The number of aromatic nitrogens is 1. The van der Waals surface area contributed by atoms with Crippen molar-refractivity contribution in [1.82, 2.24) is 10.4 Å². The SMILES string of the molecule is CN(NC(=O)c1ccc(C(F)=CC(c2cc(Cl)c(Cl)c(Cl)c2)C(F)(F)F)cc1C(F)(F)F)c1ccc(C#N)cn1. The first-order valence-electron chi connectivity index (χ1n) is 10.7. The summed E-state index contributed by atoms with van der Waals surface area (Å²) < 4.78 is 98.0. The zero-order chi connectivity index (χ0) is 30.0. The lowest BCUT2D eigenvalue weighted by Crippen LogP contribution is -2.40. The minimum absolute atomic E-state index is 0.0650. The van der Waals surface area contributed by atoms with Crippen LogP contribution in [0.4, 0.5) is 36.6 Å². The molecule has 1 amide bonds. The number of hydrogen-bond acceptors (Lipinski definition) is 4. The molecule has 0 fully saturated rings. The maximum atomic E-state index is 15.0. The van der Waals surface area contributed by atoms with E-state index in [-0.39, 0.29) is 38.6 Å². The quantitative estimate of drug-likeness (QED) is 0.170. The Kier molecular flexibility index (Phi) is 9.24. The van der Waals surface area contributed by atoms with Crippen LogP contribution in [0.3, 0.4) is 0 Å². The number of amides is 1. The Morgan fingerprint density at radius 3 is 2.17 bits per heavy atom. The highest BCUT2D eigenvalue weighted by Crippen LogP contribution is 2.42. The van der Waals surface area contributed by atoms with Gasteiger partial charge in [0.2, 0.25) is 0 Å². The Labute approximate surface area is 237 Å². The summed E-state index contributed by atoms with van der Waals surface area (Å²) in [7, 11) is 1.27. The number of hydrazine groups is 1. The largest absolute Gasteiger partial charge is 0.417 e. The molecule has 1 atom stereocenters. The van der Waals surface area contributed by atoms with E-state index in [1.807, 2.05) is 6.07 Å². The summed E-state index contributed by atoms with van der Waals surface area (Å²) in [5.41, 5.74) is -1.66. The van der Waals surface area contributed by atoms with E-state index >= 15 is 4.39 Å². The molecule has 0 aliphatic rings. The predicted molar refractivity (Wildman–Crippen MR) is 136 cm³/mol. The molecule has 3 rings (SSSR count). The number of halogens is 10.